The van der Waals surface area contributed by atoms with Crippen molar-refractivity contribution in [1.29, 1.82) is 0 Å². The molecule has 0 saturated carbocycles. The molecule has 4 heteroatoms. The molecule has 3 rings (SSSR count). The third kappa shape index (κ3) is 4.78. The number of amides is 1. The van der Waals surface area contributed by atoms with Gasteiger partial charge < -0.3 is 10.1 Å². The maximum atomic E-state index is 12.2. The van der Waals surface area contributed by atoms with Gasteiger partial charge in [-0.1, -0.05) is 82.7 Å². The van der Waals surface area contributed by atoms with Gasteiger partial charge in [-0.2, -0.15) is 0 Å². The zero-order chi connectivity index (χ0) is 17.5. The summed E-state index contributed by atoms with van der Waals surface area (Å²) in [6.45, 7) is 0.430. The minimum absolute atomic E-state index is 0.0131. The molecule has 0 fully saturated rings. The summed E-state index contributed by atoms with van der Waals surface area (Å²) >= 11 is 3.56. The van der Waals surface area contributed by atoms with Crippen molar-refractivity contribution in [3.05, 3.63) is 88.9 Å². The molecule has 0 bridgehead atoms. The molecule has 0 aliphatic carbocycles. The number of anilines is 1. The van der Waals surface area contributed by atoms with Crippen LogP contribution < -0.4 is 5.32 Å². The van der Waals surface area contributed by atoms with Crippen LogP contribution in [0.3, 0.4) is 0 Å². The summed E-state index contributed by atoms with van der Waals surface area (Å²) in [5, 5.41) is 2.94. The Morgan fingerprint density at radius 1 is 0.840 bits per heavy atom. The summed E-state index contributed by atoms with van der Waals surface area (Å²) in [5.74, 6) is -0.171. The molecule has 0 atom stereocenters. The Labute approximate surface area is 155 Å². The number of halogens is 1. The van der Waals surface area contributed by atoms with Crippen molar-refractivity contribution < 1.29 is 9.53 Å². The zero-order valence-corrected chi connectivity index (χ0v) is 15.2. The predicted octanol–water partition coefficient (Wildman–Crippen LogP) is 5.27. The first-order valence-electron chi connectivity index (χ1n) is 7.99. The molecular formula is C21H18BrNO2. The van der Waals surface area contributed by atoms with Gasteiger partial charge in [0.15, 0.2) is 0 Å². The molecule has 1 N–H and O–H groups in total. The number of rotatable bonds is 6. The lowest BCUT2D eigenvalue weighted by molar-refractivity contribution is -0.121. The van der Waals surface area contributed by atoms with Gasteiger partial charge in [-0.25, -0.2) is 0 Å². The Bertz CT molecular complexity index is 849. The van der Waals surface area contributed by atoms with Crippen molar-refractivity contribution in [2.24, 2.45) is 0 Å². The number of hydrogen-bond acceptors (Lipinski definition) is 2. The van der Waals surface area contributed by atoms with Crippen molar-refractivity contribution in [3.8, 4) is 11.1 Å². The second kappa shape index (κ2) is 8.60. The predicted molar refractivity (Wildman–Crippen MR) is 104 cm³/mol. The summed E-state index contributed by atoms with van der Waals surface area (Å²) in [4.78, 5) is 12.2. The van der Waals surface area contributed by atoms with E-state index in [4.69, 9.17) is 4.74 Å². The first-order chi connectivity index (χ1) is 12.2. The minimum atomic E-state index is -0.171. The molecule has 0 aromatic heterocycles. The maximum Gasteiger partial charge on any atom is 0.250 e. The van der Waals surface area contributed by atoms with Crippen LogP contribution in [0.1, 0.15) is 5.56 Å². The lowest BCUT2D eigenvalue weighted by atomic mass is 10.0. The molecular weight excluding hydrogens is 378 g/mol. The van der Waals surface area contributed by atoms with Gasteiger partial charge in [0, 0.05) is 15.7 Å². The van der Waals surface area contributed by atoms with Crippen LogP contribution in [0.2, 0.25) is 0 Å². The van der Waals surface area contributed by atoms with Crippen molar-refractivity contribution in [2.45, 2.75) is 6.61 Å². The van der Waals surface area contributed by atoms with Crippen LogP contribution in [0.15, 0.2) is 83.3 Å². The maximum absolute atomic E-state index is 12.2. The summed E-state index contributed by atoms with van der Waals surface area (Å²) in [7, 11) is 0. The molecule has 1 amide bonds. The molecule has 126 valence electrons. The molecule has 3 aromatic carbocycles. The summed E-state index contributed by atoms with van der Waals surface area (Å²) in [5.41, 5.74) is 3.81. The first-order valence-corrected chi connectivity index (χ1v) is 8.79. The van der Waals surface area contributed by atoms with E-state index in [0.717, 1.165) is 26.9 Å². The fourth-order valence-corrected chi connectivity index (χ4v) is 3.03. The van der Waals surface area contributed by atoms with E-state index in [0.29, 0.717) is 6.61 Å². The van der Waals surface area contributed by atoms with Crippen LogP contribution in [0.4, 0.5) is 5.69 Å². The van der Waals surface area contributed by atoms with Crippen molar-refractivity contribution in [2.75, 3.05) is 11.9 Å². The first kappa shape index (κ1) is 17.4. The van der Waals surface area contributed by atoms with E-state index in [1.807, 2.05) is 78.9 Å². The average Bonchev–Trinajstić information content (AvgIpc) is 2.64. The molecule has 3 nitrogen and oxygen atoms in total. The molecule has 0 aliphatic heterocycles. The Morgan fingerprint density at radius 3 is 2.24 bits per heavy atom. The summed E-state index contributed by atoms with van der Waals surface area (Å²) in [6.07, 6.45) is 0. The molecule has 0 radical (unpaired) electrons. The molecule has 0 saturated heterocycles. The SMILES string of the molecule is O=C(COCc1ccccc1)Nc1ccccc1-c1ccccc1Br. The number of ether oxygens (including phenoxy) is 1. The Kier molecular flexibility index (Phi) is 5.99. The number of carbonyl (C=O) groups excluding carboxylic acids is 1. The van der Waals surface area contributed by atoms with Crippen molar-refractivity contribution >= 4 is 27.5 Å². The standard InChI is InChI=1S/C21H18BrNO2/c22-19-12-6-4-10-17(19)18-11-5-7-13-20(18)23-21(24)15-25-14-16-8-2-1-3-9-16/h1-13H,14-15H2,(H,23,24). The number of carbonyl (C=O) groups is 1. The number of benzene rings is 3. The number of nitrogens with one attached hydrogen (secondary N) is 1. The van der Waals surface area contributed by atoms with Crippen LogP contribution in [0.5, 0.6) is 0 Å². The highest BCUT2D eigenvalue weighted by Gasteiger charge is 2.10. The smallest absolute Gasteiger partial charge is 0.250 e. The van der Waals surface area contributed by atoms with Gasteiger partial charge in [-0.05, 0) is 23.3 Å². The summed E-state index contributed by atoms with van der Waals surface area (Å²) < 4.78 is 6.49. The molecule has 0 heterocycles. The van der Waals surface area contributed by atoms with E-state index >= 15 is 0 Å². The lowest BCUT2D eigenvalue weighted by Crippen LogP contribution is -2.18. The molecule has 0 spiro atoms. The number of para-hydroxylation sites is 1. The molecule has 0 unspecified atom stereocenters. The van der Waals surface area contributed by atoms with Crippen LogP contribution in [0, 0.1) is 0 Å². The van der Waals surface area contributed by atoms with E-state index in [2.05, 4.69) is 21.2 Å². The minimum Gasteiger partial charge on any atom is -0.367 e. The monoisotopic (exact) mass is 395 g/mol. The molecule has 3 aromatic rings. The average molecular weight is 396 g/mol. The Balaban J connectivity index is 1.65. The fraction of sp³-hybridized carbons (Fsp3) is 0.0952. The summed E-state index contributed by atoms with van der Waals surface area (Å²) in [6, 6.07) is 25.5. The van der Waals surface area contributed by atoms with Gasteiger partial charge in [0.05, 0.1) is 6.61 Å². The second-order valence-corrected chi connectivity index (χ2v) is 6.41. The quantitative estimate of drug-likeness (QED) is 0.616. The van der Waals surface area contributed by atoms with Crippen LogP contribution in [-0.4, -0.2) is 12.5 Å². The van der Waals surface area contributed by atoms with Crippen LogP contribution in [0.25, 0.3) is 11.1 Å². The van der Waals surface area contributed by atoms with Crippen molar-refractivity contribution in [1.82, 2.24) is 0 Å². The zero-order valence-electron chi connectivity index (χ0n) is 13.6. The van der Waals surface area contributed by atoms with Gasteiger partial charge in [-0.3, -0.25) is 4.79 Å². The highest BCUT2D eigenvalue weighted by Crippen LogP contribution is 2.33. The van der Waals surface area contributed by atoms with E-state index in [-0.39, 0.29) is 12.5 Å². The lowest BCUT2D eigenvalue weighted by Gasteiger charge is -2.12. The van der Waals surface area contributed by atoms with E-state index < -0.39 is 0 Å². The largest absolute Gasteiger partial charge is 0.367 e. The Morgan fingerprint density at radius 2 is 1.48 bits per heavy atom. The fourth-order valence-electron chi connectivity index (χ4n) is 2.53. The van der Waals surface area contributed by atoms with Gasteiger partial charge in [0.2, 0.25) is 5.91 Å². The van der Waals surface area contributed by atoms with Crippen molar-refractivity contribution in [3.63, 3.8) is 0 Å². The molecule has 25 heavy (non-hydrogen) atoms. The Hall–Kier alpha value is -2.43. The topological polar surface area (TPSA) is 38.3 Å². The van der Waals surface area contributed by atoms with Gasteiger partial charge in [0.25, 0.3) is 0 Å². The van der Waals surface area contributed by atoms with Crippen LogP contribution >= 0.6 is 15.9 Å². The third-order valence-corrected chi connectivity index (χ3v) is 4.40. The highest BCUT2D eigenvalue weighted by molar-refractivity contribution is 9.10. The van der Waals surface area contributed by atoms with E-state index in [1.54, 1.807) is 0 Å². The van der Waals surface area contributed by atoms with E-state index in [1.165, 1.54) is 0 Å². The molecule has 0 aliphatic rings. The third-order valence-electron chi connectivity index (χ3n) is 3.71. The van der Waals surface area contributed by atoms with Gasteiger partial charge >= 0.3 is 0 Å². The highest BCUT2D eigenvalue weighted by atomic mass is 79.9. The normalized spacial score (nSPS) is 10.4. The van der Waals surface area contributed by atoms with Gasteiger partial charge in [-0.15, -0.1) is 0 Å². The van der Waals surface area contributed by atoms with E-state index in [9.17, 15) is 4.79 Å². The number of hydrogen-bond donors (Lipinski definition) is 1. The van der Waals surface area contributed by atoms with Gasteiger partial charge in [0.1, 0.15) is 6.61 Å². The van der Waals surface area contributed by atoms with Crippen LogP contribution in [-0.2, 0) is 16.1 Å². The second-order valence-electron chi connectivity index (χ2n) is 5.55.